The van der Waals surface area contributed by atoms with Gasteiger partial charge in [0.1, 0.15) is 11.5 Å². The van der Waals surface area contributed by atoms with Gasteiger partial charge in [-0.3, -0.25) is 4.79 Å². The smallest absolute Gasteiger partial charge is 0.262 e. The molecule has 0 spiro atoms. The van der Waals surface area contributed by atoms with E-state index in [1.54, 1.807) is 4.90 Å². The summed E-state index contributed by atoms with van der Waals surface area (Å²) >= 11 is 0. The fourth-order valence-corrected chi connectivity index (χ4v) is 2.83. The zero-order valence-corrected chi connectivity index (χ0v) is 11.8. The number of carbonyl (C=O) groups excluding carboxylic acids is 1. The van der Waals surface area contributed by atoms with Crippen LogP contribution in [0.25, 0.3) is 0 Å². The molecule has 4 nitrogen and oxygen atoms in total. The van der Waals surface area contributed by atoms with Crippen LogP contribution in [0.15, 0.2) is 42.5 Å². The molecule has 108 valence electrons. The molecule has 0 fully saturated rings. The van der Waals surface area contributed by atoms with Crippen molar-refractivity contribution in [3.05, 3.63) is 53.6 Å². The number of phenolic OH excluding ortho intramolecular Hbond substituents is 2. The first-order valence-electron chi connectivity index (χ1n) is 6.98. The highest BCUT2D eigenvalue weighted by Gasteiger charge is 2.28. The number of carbonyl (C=O) groups is 1. The summed E-state index contributed by atoms with van der Waals surface area (Å²) in [6, 6.07) is 11.8. The molecule has 3 rings (SSSR count). The van der Waals surface area contributed by atoms with Gasteiger partial charge in [0.25, 0.3) is 5.91 Å². The first-order chi connectivity index (χ1) is 10.1. The third kappa shape index (κ3) is 2.44. The van der Waals surface area contributed by atoms with Crippen LogP contribution < -0.4 is 4.90 Å². The van der Waals surface area contributed by atoms with Crippen molar-refractivity contribution in [1.29, 1.82) is 0 Å². The Balaban J connectivity index is 2.04. The number of rotatable bonds is 1. The number of fused-ring (bicyclic) bond motifs is 1. The van der Waals surface area contributed by atoms with Gasteiger partial charge in [0.15, 0.2) is 0 Å². The summed E-state index contributed by atoms with van der Waals surface area (Å²) in [5.74, 6) is -0.0892. The molecule has 0 saturated heterocycles. The maximum absolute atomic E-state index is 12.7. The van der Waals surface area contributed by atoms with E-state index in [2.05, 4.69) is 6.92 Å². The lowest BCUT2D eigenvalue weighted by Gasteiger charge is -2.33. The van der Waals surface area contributed by atoms with Crippen molar-refractivity contribution in [3.8, 4) is 11.5 Å². The molecule has 0 bridgehead atoms. The third-order valence-electron chi connectivity index (χ3n) is 3.80. The molecular formula is C17H17NO3. The summed E-state index contributed by atoms with van der Waals surface area (Å²) in [4.78, 5) is 14.4. The van der Waals surface area contributed by atoms with Gasteiger partial charge in [-0.05, 0) is 42.2 Å². The molecule has 21 heavy (non-hydrogen) atoms. The van der Waals surface area contributed by atoms with Crippen molar-refractivity contribution in [2.75, 3.05) is 11.4 Å². The fourth-order valence-electron chi connectivity index (χ4n) is 2.83. The van der Waals surface area contributed by atoms with E-state index < -0.39 is 0 Å². The zero-order chi connectivity index (χ0) is 15.0. The van der Waals surface area contributed by atoms with Crippen LogP contribution in [0.1, 0.15) is 22.8 Å². The summed E-state index contributed by atoms with van der Waals surface area (Å²) in [6.45, 7) is 2.70. The SMILES string of the molecule is CC1Cc2ccccc2N(C(=O)c2cc(O)ccc2O)C1. The van der Waals surface area contributed by atoms with Crippen LogP contribution in [0.5, 0.6) is 11.5 Å². The monoisotopic (exact) mass is 283 g/mol. The molecule has 1 amide bonds. The van der Waals surface area contributed by atoms with E-state index >= 15 is 0 Å². The molecule has 1 aliphatic heterocycles. The van der Waals surface area contributed by atoms with Crippen LogP contribution in [0.3, 0.4) is 0 Å². The second kappa shape index (κ2) is 5.13. The van der Waals surface area contributed by atoms with Gasteiger partial charge in [0.2, 0.25) is 0 Å². The van der Waals surface area contributed by atoms with E-state index in [0.717, 1.165) is 17.7 Å². The van der Waals surface area contributed by atoms with E-state index in [1.165, 1.54) is 18.2 Å². The average molecular weight is 283 g/mol. The highest BCUT2D eigenvalue weighted by molar-refractivity contribution is 6.08. The number of anilines is 1. The minimum Gasteiger partial charge on any atom is -0.508 e. The van der Waals surface area contributed by atoms with Crippen LogP contribution in [-0.4, -0.2) is 22.7 Å². The molecule has 2 N–H and O–H groups in total. The second-order valence-corrected chi connectivity index (χ2v) is 5.56. The number of phenols is 2. The average Bonchev–Trinajstić information content (AvgIpc) is 2.48. The maximum atomic E-state index is 12.7. The molecule has 0 saturated carbocycles. The van der Waals surface area contributed by atoms with Crippen molar-refractivity contribution in [2.24, 2.45) is 5.92 Å². The first-order valence-corrected chi connectivity index (χ1v) is 6.98. The Morgan fingerprint density at radius 1 is 1.19 bits per heavy atom. The minimum absolute atomic E-state index is 0.0329. The normalized spacial score (nSPS) is 17.4. The number of amides is 1. The predicted octanol–water partition coefficient (Wildman–Crippen LogP) is 2.94. The molecule has 2 aromatic rings. The largest absolute Gasteiger partial charge is 0.508 e. The number of nitrogens with zero attached hydrogens (tertiary/aromatic N) is 1. The number of aromatic hydroxyl groups is 2. The number of para-hydroxylation sites is 1. The van der Waals surface area contributed by atoms with Gasteiger partial charge in [0, 0.05) is 12.2 Å². The quantitative estimate of drug-likeness (QED) is 0.791. The van der Waals surface area contributed by atoms with Crippen LogP contribution in [0, 0.1) is 5.92 Å². The van der Waals surface area contributed by atoms with Crippen LogP contribution in [0.2, 0.25) is 0 Å². The molecule has 0 radical (unpaired) electrons. The Morgan fingerprint density at radius 2 is 1.95 bits per heavy atom. The van der Waals surface area contributed by atoms with E-state index in [4.69, 9.17) is 0 Å². The lowest BCUT2D eigenvalue weighted by Crippen LogP contribution is -2.39. The summed E-state index contributed by atoms with van der Waals surface area (Å²) in [6.07, 6.45) is 0.936. The molecule has 1 unspecified atom stereocenters. The standard InChI is InChI=1S/C17H17NO3/c1-11-8-12-4-2-3-5-15(12)18(10-11)17(21)14-9-13(19)6-7-16(14)20/h2-7,9,11,19-20H,8,10H2,1H3. The first kappa shape index (κ1) is 13.5. The van der Waals surface area contributed by atoms with Crippen molar-refractivity contribution in [1.82, 2.24) is 0 Å². The van der Waals surface area contributed by atoms with Gasteiger partial charge >= 0.3 is 0 Å². The van der Waals surface area contributed by atoms with Crippen LogP contribution in [0.4, 0.5) is 5.69 Å². The van der Waals surface area contributed by atoms with Gasteiger partial charge < -0.3 is 15.1 Å². The molecule has 4 heteroatoms. The molecule has 1 heterocycles. The zero-order valence-electron chi connectivity index (χ0n) is 11.8. The van der Waals surface area contributed by atoms with Gasteiger partial charge in [-0.2, -0.15) is 0 Å². The maximum Gasteiger partial charge on any atom is 0.262 e. The predicted molar refractivity (Wildman–Crippen MR) is 80.8 cm³/mol. The number of hydrogen-bond acceptors (Lipinski definition) is 3. The van der Waals surface area contributed by atoms with E-state index in [-0.39, 0.29) is 23.0 Å². The fraction of sp³-hybridized carbons (Fsp3) is 0.235. The van der Waals surface area contributed by atoms with Gasteiger partial charge in [-0.15, -0.1) is 0 Å². The Bertz CT molecular complexity index is 696. The van der Waals surface area contributed by atoms with E-state index in [1.807, 2.05) is 24.3 Å². The number of benzene rings is 2. The Labute approximate surface area is 123 Å². The van der Waals surface area contributed by atoms with E-state index in [0.29, 0.717) is 12.5 Å². The Hall–Kier alpha value is -2.49. The summed E-state index contributed by atoms with van der Waals surface area (Å²) in [7, 11) is 0. The van der Waals surface area contributed by atoms with Crippen molar-refractivity contribution >= 4 is 11.6 Å². The summed E-state index contributed by atoms with van der Waals surface area (Å²) in [5.41, 5.74) is 2.13. The Kier molecular flexibility index (Phi) is 3.29. The molecule has 0 aromatic heterocycles. The second-order valence-electron chi connectivity index (χ2n) is 5.56. The lowest BCUT2D eigenvalue weighted by molar-refractivity contribution is 0.0978. The third-order valence-corrected chi connectivity index (χ3v) is 3.80. The molecule has 0 aliphatic carbocycles. The van der Waals surface area contributed by atoms with Crippen molar-refractivity contribution < 1.29 is 15.0 Å². The van der Waals surface area contributed by atoms with Gasteiger partial charge in [-0.25, -0.2) is 0 Å². The summed E-state index contributed by atoms with van der Waals surface area (Å²) < 4.78 is 0. The van der Waals surface area contributed by atoms with Gasteiger partial charge in [0.05, 0.1) is 5.56 Å². The molecule has 1 aliphatic rings. The van der Waals surface area contributed by atoms with E-state index in [9.17, 15) is 15.0 Å². The molecule has 1 atom stereocenters. The van der Waals surface area contributed by atoms with Crippen molar-refractivity contribution in [3.63, 3.8) is 0 Å². The molecule has 2 aromatic carbocycles. The summed E-state index contributed by atoms with van der Waals surface area (Å²) in [5, 5.41) is 19.4. The van der Waals surface area contributed by atoms with Crippen LogP contribution in [-0.2, 0) is 6.42 Å². The highest BCUT2D eigenvalue weighted by atomic mass is 16.3. The topological polar surface area (TPSA) is 60.8 Å². The van der Waals surface area contributed by atoms with Crippen molar-refractivity contribution in [2.45, 2.75) is 13.3 Å². The van der Waals surface area contributed by atoms with Crippen LogP contribution >= 0.6 is 0 Å². The van der Waals surface area contributed by atoms with Gasteiger partial charge in [-0.1, -0.05) is 25.1 Å². The highest BCUT2D eigenvalue weighted by Crippen LogP contribution is 2.32. The number of hydrogen-bond donors (Lipinski definition) is 2. The molecular weight excluding hydrogens is 266 g/mol. The Morgan fingerprint density at radius 3 is 2.76 bits per heavy atom. The minimum atomic E-state index is -0.289. The lowest BCUT2D eigenvalue weighted by atomic mass is 9.93.